The molecule has 0 radical (unpaired) electrons. The van der Waals surface area contributed by atoms with Crippen LogP contribution in [0.2, 0.25) is 5.02 Å². The van der Waals surface area contributed by atoms with E-state index in [-0.39, 0.29) is 11.9 Å². The minimum atomic E-state index is -3.44. The lowest BCUT2D eigenvalue weighted by molar-refractivity contribution is -0.121. The van der Waals surface area contributed by atoms with Crippen LogP contribution in [0.15, 0.2) is 46.0 Å². The molecule has 9 heteroatoms. The fourth-order valence-electron chi connectivity index (χ4n) is 2.83. The molecule has 1 aromatic carbocycles. The highest BCUT2D eigenvalue weighted by Gasteiger charge is 2.32. The molecule has 1 atom stereocenters. The van der Waals surface area contributed by atoms with E-state index < -0.39 is 10.0 Å². The van der Waals surface area contributed by atoms with E-state index in [4.69, 9.17) is 11.6 Å². The van der Waals surface area contributed by atoms with Crippen molar-refractivity contribution in [1.29, 1.82) is 0 Å². The quantitative estimate of drug-likeness (QED) is 0.818. The van der Waals surface area contributed by atoms with Gasteiger partial charge >= 0.3 is 0 Å². The maximum atomic E-state index is 12.6. The molecule has 26 heavy (non-hydrogen) atoms. The Bertz CT molecular complexity index is 863. The fraction of sp³-hybridized carbons (Fsp3) is 0.353. The molecule has 2 heterocycles. The van der Waals surface area contributed by atoms with Crippen molar-refractivity contribution in [2.75, 3.05) is 31.5 Å². The lowest BCUT2D eigenvalue weighted by Crippen LogP contribution is -2.53. The summed E-state index contributed by atoms with van der Waals surface area (Å²) >= 11 is 7.29. The number of rotatable bonds is 5. The smallest absolute Gasteiger partial charge is 0.252 e. The number of halogens is 1. The van der Waals surface area contributed by atoms with Crippen molar-refractivity contribution < 1.29 is 13.2 Å². The summed E-state index contributed by atoms with van der Waals surface area (Å²) in [4.78, 5) is 14.5. The molecule has 140 valence electrons. The van der Waals surface area contributed by atoms with Gasteiger partial charge in [-0.25, -0.2) is 8.42 Å². The summed E-state index contributed by atoms with van der Waals surface area (Å²) in [5, 5.41) is 5.07. The van der Waals surface area contributed by atoms with Crippen LogP contribution in [0.4, 0.5) is 5.69 Å². The van der Waals surface area contributed by atoms with Gasteiger partial charge in [0.15, 0.2) is 0 Å². The van der Waals surface area contributed by atoms with Crippen molar-refractivity contribution in [2.45, 2.75) is 17.2 Å². The van der Waals surface area contributed by atoms with Gasteiger partial charge in [0, 0.05) is 26.2 Å². The van der Waals surface area contributed by atoms with Gasteiger partial charge in [-0.1, -0.05) is 29.8 Å². The first-order chi connectivity index (χ1) is 12.4. The maximum Gasteiger partial charge on any atom is 0.252 e. The van der Waals surface area contributed by atoms with Gasteiger partial charge in [0.25, 0.3) is 10.0 Å². The second-order valence-electron chi connectivity index (χ2n) is 6.02. The first-order valence-electron chi connectivity index (χ1n) is 8.22. The number of piperazine rings is 1. The minimum absolute atomic E-state index is 0.160. The molecule has 1 saturated heterocycles. The number of amides is 1. The number of sulfonamides is 1. The molecule has 0 bridgehead atoms. The largest absolute Gasteiger partial charge is 0.323 e. The van der Waals surface area contributed by atoms with E-state index in [9.17, 15) is 13.2 Å². The van der Waals surface area contributed by atoms with Crippen molar-refractivity contribution in [1.82, 2.24) is 9.21 Å². The molecule has 1 amide bonds. The number of para-hydroxylation sites is 1. The second kappa shape index (κ2) is 8.06. The molecule has 1 unspecified atom stereocenters. The zero-order chi connectivity index (χ0) is 18.7. The third kappa shape index (κ3) is 4.10. The van der Waals surface area contributed by atoms with E-state index in [1.165, 1.54) is 15.6 Å². The highest BCUT2D eigenvalue weighted by molar-refractivity contribution is 7.91. The van der Waals surface area contributed by atoms with Gasteiger partial charge in [-0.2, -0.15) is 4.31 Å². The monoisotopic (exact) mass is 413 g/mol. The highest BCUT2D eigenvalue weighted by atomic mass is 35.5. The summed E-state index contributed by atoms with van der Waals surface area (Å²) < 4.78 is 27.0. The van der Waals surface area contributed by atoms with Gasteiger partial charge in [-0.15, -0.1) is 11.3 Å². The van der Waals surface area contributed by atoms with Gasteiger partial charge in [0.2, 0.25) is 5.91 Å². The molecule has 1 aliphatic heterocycles. The first kappa shape index (κ1) is 19.3. The van der Waals surface area contributed by atoms with Crippen molar-refractivity contribution >= 4 is 44.6 Å². The molecule has 2 aromatic rings. The number of hydrogen-bond donors (Lipinski definition) is 1. The van der Waals surface area contributed by atoms with E-state index in [0.717, 1.165) is 0 Å². The van der Waals surface area contributed by atoms with Crippen molar-refractivity contribution in [3.05, 3.63) is 46.8 Å². The van der Waals surface area contributed by atoms with E-state index in [1.807, 2.05) is 11.8 Å². The van der Waals surface area contributed by atoms with Gasteiger partial charge < -0.3 is 5.32 Å². The molecular weight excluding hydrogens is 394 g/mol. The van der Waals surface area contributed by atoms with Crippen LogP contribution >= 0.6 is 22.9 Å². The number of nitrogens with zero attached hydrogens (tertiary/aromatic N) is 2. The van der Waals surface area contributed by atoms with E-state index >= 15 is 0 Å². The van der Waals surface area contributed by atoms with Crippen LogP contribution in [0.5, 0.6) is 0 Å². The van der Waals surface area contributed by atoms with Gasteiger partial charge in [-0.3, -0.25) is 9.69 Å². The lowest BCUT2D eigenvalue weighted by atomic mass is 10.2. The molecule has 3 rings (SSSR count). The molecule has 1 N–H and O–H groups in total. The number of anilines is 1. The summed E-state index contributed by atoms with van der Waals surface area (Å²) in [5.41, 5.74) is 0.574. The average molecular weight is 414 g/mol. The average Bonchev–Trinajstić information content (AvgIpc) is 3.18. The van der Waals surface area contributed by atoms with Crippen molar-refractivity contribution in [2.24, 2.45) is 0 Å². The molecule has 0 spiro atoms. The van der Waals surface area contributed by atoms with Gasteiger partial charge in [0.1, 0.15) is 4.21 Å². The summed E-state index contributed by atoms with van der Waals surface area (Å²) in [6, 6.07) is 10.0. The summed E-state index contributed by atoms with van der Waals surface area (Å²) in [6.45, 7) is 3.55. The normalized spacial score (nSPS) is 17.8. The predicted molar refractivity (Wildman–Crippen MR) is 104 cm³/mol. The van der Waals surface area contributed by atoms with Crippen LogP contribution in [-0.2, 0) is 14.8 Å². The topological polar surface area (TPSA) is 69.7 Å². The molecule has 0 aliphatic carbocycles. The number of thiophene rings is 1. The third-order valence-electron chi connectivity index (χ3n) is 4.42. The van der Waals surface area contributed by atoms with Crippen LogP contribution in [0.25, 0.3) is 0 Å². The standard InChI is InChI=1S/C17H20ClN3O3S2/c1-13(17(22)19-15-6-3-2-5-14(15)18)20-8-10-21(11-9-20)26(23,24)16-7-4-12-25-16/h2-7,12-13H,8-11H2,1H3,(H,19,22). The number of benzene rings is 1. The van der Waals surface area contributed by atoms with Gasteiger partial charge in [-0.05, 0) is 30.5 Å². The van der Waals surface area contributed by atoms with Crippen molar-refractivity contribution in [3.8, 4) is 0 Å². The van der Waals surface area contributed by atoms with Crippen LogP contribution in [0.1, 0.15) is 6.92 Å². The number of hydrogen-bond acceptors (Lipinski definition) is 5. The Kier molecular flexibility index (Phi) is 5.99. The summed E-state index contributed by atoms with van der Waals surface area (Å²) in [7, 11) is -3.44. The Morgan fingerprint density at radius 2 is 1.85 bits per heavy atom. The molecule has 1 fully saturated rings. The van der Waals surface area contributed by atoms with Crippen LogP contribution in [0, 0.1) is 0 Å². The fourth-order valence-corrected chi connectivity index (χ4v) is 5.58. The Labute approximate surface area is 162 Å². The van der Waals surface area contributed by atoms with E-state index in [2.05, 4.69) is 5.32 Å². The second-order valence-corrected chi connectivity index (χ2v) is 9.54. The highest BCUT2D eigenvalue weighted by Crippen LogP contribution is 2.23. The first-order valence-corrected chi connectivity index (χ1v) is 10.9. The Morgan fingerprint density at radius 1 is 1.15 bits per heavy atom. The van der Waals surface area contributed by atoms with Crippen LogP contribution in [0.3, 0.4) is 0 Å². The Hall–Kier alpha value is -1.45. The summed E-state index contributed by atoms with van der Waals surface area (Å²) in [6.07, 6.45) is 0. The van der Waals surface area contributed by atoms with Crippen molar-refractivity contribution in [3.63, 3.8) is 0 Å². The van der Waals surface area contributed by atoms with Crippen LogP contribution in [-0.4, -0.2) is 55.8 Å². The minimum Gasteiger partial charge on any atom is -0.323 e. The Morgan fingerprint density at radius 3 is 2.46 bits per heavy atom. The SMILES string of the molecule is CC(C(=O)Nc1ccccc1Cl)N1CCN(S(=O)(=O)c2cccs2)CC1. The molecule has 0 saturated carbocycles. The number of carbonyl (C=O) groups is 1. The Balaban J connectivity index is 1.59. The maximum absolute atomic E-state index is 12.6. The summed E-state index contributed by atoms with van der Waals surface area (Å²) in [5.74, 6) is -0.160. The van der Waals surface area contributed by atoms with E-state index in [1.54, 1.807) is 41.8 Å². The zero-order valence-electron chi connectivity index (χ0n) is 14.3. The van der Waals surface area contributed by atoms with E-state index in [0.29, 0.717) is 41.1 Å². The molecular formula is C17H20ClN3O3S2. The molecule has 6 nitrogen and oxygen atoms in total. The number of nitrogens with one attached hydrogen (secondary N) is 1. The molecule has 1 aliphatic rings. The van der Waals surface area contributed by atoms with Crippen LogP contribution < -0.4 is 5.32 Å². The number of carbonyl (C=O) groups excluding carboxylic acids is 1. The predicted octanol–water partition coefficient (Wildman–Crippen LogP) is 2.74. The zero-order valence-corrected chi connectivity index (χ0v) is 16.6. The van der Waals surface area contributed by atoms with Gasteiger partial charge in [0.05, 0.1) is 16.8 Å². The lowest BCUT2D eigenvalue weighted by Gasteiger charge is -2.36. The third-order valence-corrected chi connectivity index (χ3v) is 8.02. The molecule has 1 aromatic heterocycles.